The first-order valence-electron chi connectivity index (χ1n) is 21.1. The van der Waals surface area contributed by atoms with Crippen molar-refractivity contribution in [1.29, 1.82) is 0 Å². The highest BCUT2D eigenvalue weighted by molar-refractivity contribution is 5.25. The molecule has 0 aromatic heterocycles. The molecule has 0 radical (unpaired) electrons. The van der Waals surface area contributed by atoms with Crippen LogP contribution in [0.1, 0.15) is 208 Å². The molecule has 0 aliphatic heterocycles. The van der Waals surface area contributed by atoms with Gasteiger partial charge in [0.05, 0.1) is 0 Å². The van der Waals surface area contributed by atoms with Gasteiger partial charge in [0.2, 0.25) is 0 Å². The van der Waals surface area contributed by atoms with Gasteiger partial charge in [-0.15, -0.1) is 6.58 Å². The van der Waals surface area contributed by atoms with Gasteiger partial charge in [0, 0.05) is 0 Å². The third-order valence-corrected chi connectivity index (χ3v) is 14.7. The van der Waals surface area contributed by atoms with Gasteiger partial charge in [-0.25, -0.2) is 0 Å². The van der Waals surface area contributed by atoms with Crippen molar-refractivity contribution >= 4 is 0 Å². The molecular weight excluding hydrogens is 540 g/mol. The number of hydrogen-bond acceptors (Lipinski definition) is 0. The van der Waals surface area contributed by atoms with Gasteiger partial charge in [-0.2, -0.15) is 0 Å². The van der Waals surface area contributed by atoms with Gasteiger partial charge in [-0.05, 0) is 116 Å². The maximum Gasteiger partial charge on any atom is -0.00851 e. The van der Waals surface area contributed by atoms with E-state index in [-0.39, 0.29) is 0 Å². The molecule has 4 unspecified atom stereocenters. The molecule has 8 atom stereocenters. The Morgan fingerprint density at radius 2 is 1.33 bits per heavy atom. The van der Waals surface area contributed by atoms with E-state index in [1.165, 1.54) is 173 Å². The van der Waals surface area contributed by atoms with Crippen LogP contribution in [0.5, 0.6) is 0 Å². The van der Waals surface area contributed by atoms with E-state index in [0.717, 1.165) is 41.4 Å². The second kappa shape index (κ2) is 18.9. The minimum atomic E-state index is 0.535. The van der Waals surface area contributed by atoms with Crippen LogP contribution < -0.4 is 0 Å². The molecule has 3 saturated carbocycles. The second-order valence-electron chi connectivity index (χ2n) is 18.2. The summed E-state index contributed by atoms with van der Waals surface area (Å²) in [6, 6.07) is 0. The van der Waals surface area contributed by atoms with Crippen LogP contribution in [0.2, 0.25) is 0 Å². The molecule has 0 amide bonds. The monoisotopic (exact) mass is 621 g/mol. The van der Waals surface area contributed by atoms with Crippen molar-refractivity contribution in [1.82, 2.24) is 0 Å². The fourth-order valence-electron chi connectivity index (χ4n) is 11.9. The maximum absolute atomic E-state index is 3.83. The van der Waals surface area contributed by atoms with Crippen LogP contribution in [-0.2, 0) is 0 Å². The van der Waals surface area contributed by atoms with E-state index in [1.807, 2.05) is 5.57 Å². The molecule has 260 valence electrons. The number of fused-ring (bicyclic) bond motifs is 5. The summed E-state index contributed by atoms with van der Waals surface area (Å²) in [5, 5.41) is 0. The summed E-state index contributed by atoms with van der Waals surface area (Å²) in [4.78, 5) is 0. The molecule has 4 rings (SSSR count). The summed E-state index contributed by atoms with van der Waals surface area (Å²) in [5.41, 5.74) is 3.09. The fraction of sp³-hybridized carbons (Fsp3) is 0.911. The molecule has 0 nitrogen and oxygen atoms in total. The lowest BCUT2D eigenvalue weighted by atomic mass is 9.46. The van der Waals surface area contributed by atoms with Crippen molar-refractivity contribution in [3.05, 3.63) is 24.3 Å². The Hall–Kier alpha value is -0.520. The van der Waals surface area contributed by atoms with E-state index in [4.69, 9.17) is 0 Å². The summed E-state index contributed by atoms with van der Waals surface area (Å²) in [6.07, 6.45) is 44.4. The molecule has 0 saturated heterocycles. The van der Waals surface area contributed by atoms with Crippen LogP contribution in [0, 0.1) is 52.3 Å². The van der Waals surface area contributed by atoms with Gasteiger partial charge >= 0.3 is 0 Å². The highest BCUT2D eigenvalue weighted by Crippen LogP contribution is 2.67. The summed E-state index contributed by atoms with van der Waals surface area (Å²) in [6.45, 7) is 16.8. The predicted molar refractivity (Wildman–Crippen MR) is 201 cm³/mol. The number of rotatable bonds is 22. The lowest BCUT2D eigenvalue weighted by molar-refractivity contribution is -0.0529. The molecule has 0 aromatic carbocycles. The Balaban J connectivity index is 1.09. The molecule has 3 fully saturated rings. The van der Waals surface area contributed by atoms with Crippen molar-refractivity contribution in [2.75, 3.05) is 0 Å². The SMILES string of the molecule is C=CCCCCCCCCCCCCCCCCC1CC[C@@]2(C)C(=CCC3C2CC[C@@]2(C)C3CC[C@@H]2[C@H](C)CCCC(C)C)C1. The molecule has 45 heavy (non-hydrogen) atoms. The van der Waals surface area contributed by atoms with E-state index in [9.17, 15) is 0 Å². The fourth-order valence-corrected chi connectivity index (χ4v) is 11.9. The molecule has 0 aromatic rings. The minimum Gasteiger partial charge on any atom is -0.103 e. The smallest absolute Gasteiger partial charge is 0.00851 e. The maximum atomic E-state index is 3.83. The number of hydrogen-bond donors (Lipinski definition) is 0. The zero-order valence-corrected chi connectivity index (χ0v) is 31.5. The van der Waals surface area contributed by atoms with E-state index in [0.29, 0.717) is 10.8 Å². The molecule has 0 N–H and O–H groups in total. The average Bonchev–Trinajstić information content (AvgIpc) is 3.38. The highest BCUT2D eigenvalue weighted by atomic mass is 14.6. The van der Waals surface area contributed by atoms with Gasteiger partial charge in [-0.1, -0.05) is 161 Å². The standard InChI is InChI=1S/C45H80/c1-7-8-9-10-11-12-13-14-15-16-17-18-19-20-21-22-26-38-31-33-44(5)39(35-38)27-28-40-42-30-29-41(37(4)25-23-24-36(2)3)45(42,6)34-32-43(40)44/h7,27,36-38,40-43H,1,8-26,28-35H2,2-6H3/t37-,38?,40?,41-,42?,43?,44+,45-/m1/s1. The molecule has 0 spiro atoms. The van der Waals surface area contributed by atoms with Gasteiger partial charge in [0.25, 0.3) is 0 Å². The van der Waals surface area contributed by atoms with Crippen LogP contribution >= 0.6 is 0 Å². The normalized spacial score (nSPS) is 33.4. The minimum absolute atomic E-state index is 0.535. The molecule has 0 bridgehead atoms. The van der Waals surface area contributed by atoms with E-state index in [2.05, 4.69) is 53.3 Å². The zero-order valence-electron chi connectivity index (χ0n) is 31.5. The van der Waals surface area contributed by atoms with Crippen LogP contribution in [0.25, 0.3) is 0 Å². The number of unbranched alkanes of at least 4 members (excludes halogenated alkanes) is 14. The molecule has 0 heteroatoms. The van der Waals surface area contributed by atoms with Crippen LogP contribution in [0.15, 0.2) is 24.3 Å². The third kappa shape index (κ3) is 10.2. The second-order valence-corrected chi connectivity index (χ2v) is 18.2. The van der Waals surface area contributed by atoms with Crippen LogP contribution in [0.3, 0.4) is 0 Å². The van der Waals surface area contributed by atoms with Crippen molar-refractivity contribution in [3.63, 3.8) is 0 Å². The Labute approximate surface area is 283 Å². The Bertz CT molecular complexity index is 863. The summed E-state index contributed by atoms with van der Waals surface area (Å²) in [7, 11) is 0. The topological polar surface area (TPSA) is 0 Å². The van der Waals surface area contributed by atoms with Crippen molar-refractivity contribution < 1.29 is 0 Å². The zero-order chi connectivity index (χ0) is 32.1. The van der Waals surface area contributed by atoms with E-state index in [1.54, 1.807) is 0 Å². The van der Waals surface area contributed by atoms with Gasteiger partial charge in [0.1, 0.15) is 0 Å². The van der Waals surface area contributed by atoms with Gasteiger partial charge in [0.15, 0.2) is 0 Å². The number of allylic oxidation sites excluding steroid dienone is 3. The highest BCUT2D eigenvalue weighted by Gasteiger charge is 2.59. The van der Waals surface area contributed by atoms with Crippen molar-refractivity contribution in [3.8, 4) is 0 Å². The molecule has 4 aliphatic carbocycles. The Morgan fingerprint density at radius 1 is 0.711 bits per heavy atom. The quantitative estimate of drug-likeness (QED) is 0.0834. The van der Waals surface area contributed by atoms with Crippen LogP contribution in [0.4, 0.5) is 0 Å². The Kier molecular flexibility index (Phi) is 15.6. The first kappa shape index (κ1) is 37.3. The third-order valence-electron chi connectivity index (χ3n) is 14.7. The molecular formula is C45H80. The first-order valence-corrected chi connectivity index (χ1v) is 21.1. The van der Waals surface area contributed by atoms with Crippen LogP contribution in [-0.4, -0.2) is 0 Å². The predicted octanol–water partition coefficient (Wildman–Crippen LogP) is 15.1. The summed E-state index contributed by atoms with van der Waals surface area (Å²) >= 11 is 0. The summed E-state index contributed by atoms with van der Waals surface area (Å²) < 4.78 is 0. The summed E-state index contributed by atoms with van der Waals surface area (Å²) in [5.74, 6) is 6.74. The largest absolute Gasteiger partial charge is 0.103 e. The van der Waals surface area contributed by atoms with Crippen molar-refractivity contribution in [2.24, 2.45) is 52.3 Å². The first-order chi connectivity index (χ1) is 21.8. The van der Waals surface area contributed by atoms with Gasteiger partial charge < -0.3 is 0 Å². The molecule has 4 aliphatic rings. The lowest BCUT2D eigenvalue weighted by Gasteiger charge is -2.58. The molecule has 0 heterocycles. The Morgan fingerprint density at radius 3 is 1.96 bits per heavy atom. The lowest BCUT2D eigenvalue weighted by Crippen LogP contribution is -2.50. The van der Waals surface area contributed by atoms with E-state index < -0.39 is 0 Å². The van der Waals surface area contributed by atoms with Gasteiger partial charge in [-0.3, -0.25) is 0 Å². The van der Waals surface area contributed by atoms with E-state index >= 15 is 0 Å². The average molecular weight is 621 g/mol. The van der Waals surface area contributed by atoms with Crippen molar-refractivity contribution in [2.45, 2.75) is 208 Å².